The molecule has 47 valence electrons. The Kier molecular flexibility index (Phi) is 1.72. The fraction of sp³-hybridized carbons (Fsp3) is 0.167. The minimum Gasteiger partial charge on any atom is -0.238 e. The molecule has 1 heterocycles. The monoisotopic (exact) mass is 125 g/mol. The van der Waals surface area contributed by atoms with Crippen LogP contribution in [0.15, 0.2) is 12.4 Å². The summed E-state index contributed by atoms with van der Waals surface area (Å²) in [6.45, 7) is 3.54. The first-order chi connectivity index (χ1) is 4.33. The molecule has 1 aromatic rings. The minimum atomic E-state index is -0.410. The van der Waals surface area contributed by atoms with E-state index in [0.29, 0.717) is 12.2 Å². The van der Waals surface area contributed by atoms with Gasteiger partial charge in [0.1, 0.15) is 5.82 Å². The summed E-state index contributed by atoms with van der Waals surface area (Å²) in [5, 5.41) is 0. The molecule has 2 nitrogen and oxygen atoms in total. The standard InChI is InChI=1S/C6H6FN2/c1-2-6-8-3-5(7)4-9-6/h3-4H,1-2H2. The second kappa shape index (κ2) is 2.53. The van der Waals surface area contributed by atoms with E-state index in [2.05, 4.69) is 16.9 Å². The molecule has 0 aliphatic rings. The van der Waals surface area contributed by atoms with E-state index in [1.54, 1.807) is 0 Å². The number of rotatable bonds is 1. The van der Waals surface area contributed by atoms with Gasteiger partial charge in [0.25, 0.3) is 0 Å². The molecule has 0 atom stereocenters. The van der Waals surface area contributed by atoms with Crippen molar-refractivity contribution in [3.8, 4) is 0 Å². The normalized spacial score (nSPS) is 9.56. The molecule has 1 rings (SSSR count). The van der Waals surface area contributed by atoms with Gasteiger partial charge in [0.2, 0.25) is 0 Å². The zero-order chi connectivity index (χ0) is 6.69. The van der Waals surface area contributed by atoms with E-state index in [1.807, 2.05) is 0 Å². The van der Waals surface area contributed by atoms with Gasteiger partial charge in [-0.05, 0) is 6.92 Å². The van der Waals surface area contributed by atoms with E-state index in [-0.39, 0.29) is 0 Å². The van der Waals surface area contributed by atoms with Crippen molar-refractivity contribution in [2.24, 2.45) is 0 Å². The Morgan fingerprint density at radius 1 is 1.44 bits per heavy atom. The molecule has 0 aliphatic carbocycles. The summed E-state index contributed by atoms with van der Waals surface area (Å²) in [5.74, 6) is 0.156. The van der Waals surface area contributed by atoms with Crippen LogP contribution in [0, 0.1) is 12.7 Å². The Hall–Kier alpha value is -0.990. The summed E-state index contributed by atoms with van der Waals surface area (Å²) in [6, 6.07) is 0. The largest absolute Gasteiger partial charge is 0.238 e. The predicted octanol–water partition coefficient (Wildman–Crippen LogP) is 0.992. The van der Waals surface area contributed by atoms with E-state index in [0.717, 1.165) is 12.4 Å². The average Bonchev–Trinajstić information content (AvgIpc) is 1.90. The number of aromatic nitrogens is 2. The van der Waals surface area contributed by atoms with Gasteiger partial charge in [-0.1, -0.05) is 0 Å². The Labute approximate surface area is 52.8 Å². The van der Waals surface area contributed by atoms with Gasteiger partial charge >= 0.3 is 0 Å². The van der Waals surface area contributed by atoms with E-state index in [9.17, 15) is 4.39 Å². The highest BCUT2D eigenvalue weighted by molar-refractivity contribution is 4.91. The maximum atomic E-state index is 12.1. The number of hydrogen-bond acceptors (Lipinski definition) is 2. The molecule has 0 aromatic carbocycles. The molecule has 9 heavy (non-hydrogen) atoms. The summed E-state index contributed by atoms with van der Waals surface area (Å²) in [4.78, 5) is 7.30. The molecule has 0 amide bonds. The maximum absolute atomic E-state index is 12.1. The molecule has 0 saturated heterocycles. The van der Waals surface area contributed by atoms with Crippen LogP contribution in [0.3, 0.4) is 0 Å². The van der Waals surface area contributed by atoms with Crippen LogP contribution in [0.25, 0.3) is 0 Å². The molecular formula is C6H6FN2. The van der Waals surface area contributed by atoms with Crippen LogP contribution in [-0.2, 0) is 6.42 Å². The molecule has 0 saturated carbocycles. The Morgan fingerprint density at radius 3 is 2.44 bits per heavy atom. The van der Waals surface area contributed by atoms with Gasteiger partial charge in [0, 0.05) is 6.42 Å². The van der Waals surface area contributed by atoms with Crippen molar-refractivity contribution in [1.29, 1.82) is 0 Å². The lowest BCUT2D eigenvalue weighted by molar-refractivity contribution is 0.610. The van der Waals surface area contributed by atoms with Crippen molar-refractivity contribution in [3.05, 3.63) is 31.0 Å². The maximum Gasteiger partial charge on any atom is 0.159 e. The first-order valence-corrected chi connectivity index (χ1v) is 2.58. The van der Waals surface area contributed by atoms with Gasteiger partial charge in [-0.2, -0.15) is 0 Å². The average molecular weight is 125 g/mol. The zero-order valence-corrected chi connectivity index (χ0v) is 4.84. The highest BCUT2D eigenvalue weighted by Crippen LogP contribution is 1.92. The molecule has 0 fully saturated rings. The first-order valence-electron chi connectivity index (χ1n) is 2.58. The van der Waals surface area contributed by atoms with Crippen LogP contribution in [0.2, 0.25) is 0 Å². The molecule has 1 aromatic heterocycles. The Bertz CT molecular complexity index is 183. The van der Waals surface area contributed by atoms with Gasteiger partial charge in [-0.3, -0.25) is 0 Å². The second-order valence-corrected chi connectivity index (χ2v) is 1.57. The highest BCUT2D eigenvalue weighted by Gasteiger charge is 1.90. The SMILES string of the molecule is [CH2]Cc1ncc(F)cn1. The van der Waals surface area contributed by atoms with Crippen molar-refractivity contribution in [2.75, 3.05) is 0 Å². The van der Waals surface area contributed by atoms with Crippen LogP contribution in [0.1, 0.15) is 5.82 Å². The molecular weight excluding hydrogens is 119 g/mol. The smallest absolute Gasteiger partial charge is 0.159 e. The van der Waals surface area contributed by atoms with E-state index in [1.165, 1.54) is 0 Å². The van der Waals surface area contributed by atoms with Gasteiger partial charge in [-0.25, -0.2) is 14.4 Å². The second-order valence-electron chi connectivity index (χ2n) is 1.57. The van der Waals surface area contributed by atoms with Crippen molar-refractivity contribution in [3.63, 3.8) is 0 Å². The summed E-state index contributed by atoms with van der Waals surface area (Å²) < 4.78 is 12.1. The van der Waals surface area contributed by atoms with Crippen LogP contribution in [-0.4, -0.2) is 9.97 Å². The van der Waals surface area contributed by atoms with Crippen LogP contribution in [0.4, 0.5) is 4.39 Å². The summed E-state index contributed by atoms with van der Waals surface area (Å²) in [5.41, 5.74) is 0. The lowest BCUT2D eigenvalue weighted by Crippen LogP contribution is -1.91. The van der Waals surface area contributed by atoms with Gasteiger partial charge in [0.05, 0.1) is 12.4 Å². The van der Waals surface area contributed by atoms with E-state index in [4.69, 9.17) is 0 Å². The lowest BCUT2D eigenvalue weighted by atomic mass is 10.4. The van der Waals surface area contributed by atoms with Crippen LogP contribution >= 0.6 is 0 Å². The zero-order valence-electron chi connectivity index (χ0n) is 4.84. The quantitative estimate of drug-likeness (QED) is 0.559. The number of nitrogens with zero attached hydrogens (tertiary/aromatic N) is 2. The van der Waals surface area contributed by atoms with Gasteiger partial charge in [0.15, 0.2) is 5.82 Å². The van der Waals surface area contributed by atoms with Crippen LogP contribution in [0.5, 0.6) is 0 Å². The molecule has 1 radical (unpaired) electrons. The topological polar surface area (TPSA) is 25.8 Å². The van der Waals surface area contributed by atoms with Gasteiger partial charge in [-0.15, -0.1) is 0 Å². The van der Waals surface area contributed by atoms with Crippen molar-refractivity contribution in [1.82, 2.24) is 9.97 Å². The fourth-order valence-corrected chi connectivity index (χ4v) is 0.468. The minimum absolute atomic E-state index is 0.410. The van der Waals surface area contributed by atoms with Crippen molar-refractivity contribution < 1.29 is 4.39 Å². The molecule has 0 bridgehead atoms. The fourth-order valence-electron chi connectivity index (χ4n) is 0.468. The summed E-state index contributed by atoms with van der Waals surface area (Å²) in [6.07, 6.45) is 2.77. The predicted molar refractivity (Wildman–Crippen MR) is 31.1 cm³/mol. The number of halogens is 1. The summed E-state index contributed by atoms with van der Waals surface area (Å²) in [7, 11) is 0. The van der Waals surface area contributed by atoms with Crippen LogP contribution < -0.4 is 0 Å². The lowest BCUT2D eigenvalue weighted by Gasteiger charge is -1.90. The number of hydrogen-bond donors (Lipinski definition) is 0. The Morgan fingerprint density at radius 2 is 2.00 bits per heavy atom. The Balaban J connectivity index is 2.88. The summed E-state index contributed by atoms with van der Waals surface area (Å²) >= 11 is 0. The molecule has 0 aliphatic heterocycles. The van der Waals surface area contributed by atoms with Crippen molar-refractivity contribution >= 4 is 0 Å². The highest BCUT2D eigenvalue weighted by atomic mass is 19.1. The van der Waals surface area contributed by atoms with E-state index < -0.39 is 5.82 Å². The first kappa shape index (κ1) is 6.13. The molecule has 0 unspecified atom stereocenters. The van der Waals surface area contributed by atoms with E-state index >= 15 is 0 Å². The molecule has 3 heteroatoms. The third kappa shape index (κ3) is 1.45. The molecule has 0 N–H and O–H groups in total. The third-order valence-corrected chi connectivity index (χ3v) is 0.897. The third-order valence-electron chi connectivity index (χ3n) is 0.897. The van der Waals surface area contributed by atoms with Crippen molar-refractivity contribution in [2.45, 2.75) is 6.42 Å². The molecule has 0 spiro atoms. The van der Waals surface area contributed by atoms with Gasteiger partial charge < -0.3 is 0 Å².